The maximum atomic E-state index is 12.8. The van der Waals surface area contributed by atoms with E-state index < -0.39 is 0 Å². The minimum absolute atomic E-state index is 0.0853. The summed E-state index contributed by atoms with van der Waals surface area (Å²) in [7, 11) is 4.16. The van der Waals surface area contributed by atoms with Crippen LogP contribution in [0, 0.1) is 0 Å². The molecule has 1 N–H and O–H groups in total. The van der Waals surface area contributed by atoms with Crippen molar-refractivity contribution in [2.45, 2.75) is 18.9 Å². The third kappa shape index (κ3) is 2.83. The first-order valence-electron chi connectivity index (χ1n) is 7.62. The molecular weight excluding hydrogens is 266 g/mol. The smallest absolute Gasteiger partial charge is 0.257 e. The summed E-state index contributed by atoms with van der Waals surface area (Å²) in [5, 5.41) is 3.28. The van der Waals surface area contributed by atoms with Crippen LogP contribution in [0.2, 0.25) is 0 Å². The van der Waals surface area contributed by atoms with Gasteiger partial charge in [0.15, 0.2) is 5.75 Å². The van der Waals surface area contributed by atoms with E-state index in [1.807, 2.05) is 23.1 Å². The number of amides is 1. The maximum absolute atomic E-state index is 12.8. The van der Waals surface area contributed by atoms with Crippen molar-refractivity contribution in [2.24, 2.45) is 0 Å². The van der Waals surface area contributed by atoms with E-state index in [4.69, 9.17) is 4.74 Å². The van der Waals surface area contributed by atoms with Crippen molar-refractivity contribution >= 4 is 11.6 Å². The Labute approximate surface area is 125 Å². The number of hydrogen-bond donors (Lipinski definition) is 1. The van der Waals surface area contributed by atoms with Gasteiger partial charge in [-0.2, -0.15) is 0 Å². The topological polar surface area (TPSA) is 44.8 Å². The molecule has 0 saturated carbocycles. The van der Waals surface area contributed by atoms with Crippen LogP contribution in [-0.2, 0) is 0 Å². The SMILES string of the molecule is CN(C)C1CCCN(C(=O)c2cccc3c2OCCN3)C1. The van der Waals surface area contributed by atoms with Crippen molar-refractivity contribution < 1.29 is 9.53 Å². The highest BCUT2D eigenvalue weighted by atomic mass is 16.5. The van der Waals surface area contributed by atoms with Gasteiger partial charge in [0.25, 0.3) is 5.91 Å². The third-order valence-electron chi connectivity index (χ3n) is 4.32. The van der Waals surface area contributed by atoms with Crippen molar-refractivity contribution in [3.63, 3.8) is 0 Å². The number of nitrogens with one attached hydrogen (secondary N) is 1. The number of fused-ring (bicyclic) bond motifs is 1. The van der Waals surface area contributed by atoms with E-state index in [9.17, 15) is 4.79 Å². The van der Waals surface area contributed by atoms with Crippen molar-refractivity contribution in [3.8, 4) is 5.75 Å². The second-order valence-corrected chi connectivity index (χ2v) is 5.97. The second-order valence-electron chi connectivity index (χ2n) is 5.97. The fourth-order valence-electron chi connectivity index (χ4n) is 3.07. The maximum Gasteiger partial charge on any atom is 0.257 e. The number of carbonyl (C=O) groups excluding carboxylic acids is 1. The average molecular weight is 289 g/mol. The lowest BCUT2D eigenvalue weighted by Crippen LogP contribution is -2.47. The molecule has 2 aliphatic heterocycles. The lowest BCUT2D eigenvalue weighted by Gasteiger charge is -2.36. The zero-order valence-corrected chi connectivity index (χ0v) is 12.8. The molecule has 1 unspecified atom stereocenters. The lowest BCUT2D eigenvalue weighted by molar-refractivity contribution is 0.0631. The average Bonchev–Trinajstić information content (AvgIpc) is 2.53. The largest absolute Gasteiger partial charge is 0.489 e. The fraction of sp³-hybridized carbons (Fsp3) is 0.562. The van der Waals surface area contributed by atoms with Crippen LogP contribution in [0.5, 0.6) is 5.75 Å². The van der Waals surface area contributed by atoms with Crippen molar-refractivity contribution in [1.82, 2.24) is 9.80 Å². The van der Waals surface area contributed by atoms with Crippen LogP contribution < -0.4 is 10.1 Å². The van der Waals surface area contributed by atoms with E-state index >= 15 is 0 Å². The van der Waals surface area contributed by atoms with E-state index in [1.165, 1.54) is 0 Å². The molecule has 1 saturated heterocycles. The number of likely N-dealkylation sites (N-methyl/N-ethyl adjacent to an activating group) is 1. The molecule has 0 aliphatic carbocycles. The zero-order valence-electron chi connectivity index (χ0n) is 12.8. The Balaban J connectivity index is 1.82. The first-order chi connectivity index (χ1) is 10.2. The van der Waals surface area contributed by atoms with Gasteiger partial charge in [0.2, 0.25) is 0 Å². The highest BCUT2D eigenvalue weighted by Gasteiger charge is 2.28. The Morgan fingerprint density at radius 3 is 3.10 bits per heavy atom. The molecule has 21 heavy (non-hydrogen) atoms. The second kappa shape index (κ2) is 5.93. The number of anilines is 1. The molecular formula is C16H23N3O2. The van der Waals surface area contributed by atoms with Crippen molar-refractivity contribution in [1.29, 1.82) is 0 Å². The van der Waals surface area contributed by atoms with Crippen molar-refractivity contribution in [3.05, 3.63) is 23.8 Å². The number of carbonyl (C=O) groups is 1. The number of para-hydroxylation sites is 1. The summed E-state index contributed by atoms with van der Waals surface area (Å²) in [6, 6.07) is 6.19. The van der Waals surface area contributed by atoms with Gasteiger partial charge in [-0.15, -0.1) is 0 Å². The van der Waals surface area contributed by atoms with Gasteiger partial charge in [0.1, 0.15) is 6.61 Å². The fourth-order valence-corrected chi connectivity index (χ4v) is 3.07. The molecule has 1 aromatic carbocycles. The predicted octanol–water partition coefficient (Wildman–Crippen LogP) is 1.66. The van der Waals surface area contributed by atoms with Crippen LogP contribution in [0.1, 0.15) is 23.2 Å². The molecule has 3 rings (SSSR count). The van der Waals surface area contributed by atoms with Gasteiger partial charge in [0, 0.05) is 25.7 Å². The van der Waals surface area contributed by atoms with Gasteiger partial charge >= 0.3 is 0 Å². The number of likely N-dealkylation sites (tertiary alicyclic amines) is 1. The quantitative estimate of drug-likeness (QED) is 0.899. The molecule has 1 atom stereocenters. The van der Waals surface area contributed by atoms with Gasteiger partial charge < -0.3 is 19.9 Å². The minimum Gasteiger partial charge on any atom is -0.489 e. The summed E-state index contributed by atoms with van der Waals surface area (Å²) >= 11 is 0. The monoisotopic (exact) mass is 289 g/mol. The first kappa shape index (κ1) is 14.2. The summed E-state index contributed by atoms with van der Waals surface area (Å²) in [6.45, 7) is 3.03. The van der Waals surface area contributed by atoms with E-state index in [-0.39, 0.29) is 5.91 Å². The summed E-state index contributed by atoms with van der Waals surface area (Å²) < 4.78 is 5.72. The van der Waals surface area contributed by atoms with E-state index in [2.05, 4.69) is 24.3 Å². The molecule has 2 heterocycles. The third-order valence-corrected chi connectivity index (χ3v) is 4.32. The number of piperidine rings is 1. The zero-order chi connectivity index (χ0) is 14.8. The predicted molar refractivity (Wildman–Crippen MR) is 83.0 cm³/mol. The number of ether oxygens (including phenoxy) is 1. The standard InChI is InChI=1S/C16H23N3O2/c1-18(2)12-5-4-9-19(11-12)16(20)13-6-3-7-14-15(13)21-10-8-17-14/h3,6-7,12,17H,4-5,8-11H2,1-2H3. The molecule has 1 amide bonds. The molecule has 114 valence electrons. The summed E-state index contributed by atoms with van der Waals surface area (Å²) in [5.74, 6) is 0.794. The van der Waals surface area contributed by atoms with Gasteiger partial charge in [-0.3, -0.25) is 4.79 Å². The molecule has 0 spiro atoms. The molecule has 5 nitrogen and oxygen atoms in total. The van der Waals surface area contributed by atoms with Crippen LogP contribution >= 0.6 is 0 Å². The molecule has 0 bridgehead atoms. The Kier molecular flexibility index (Phi) is 4.01. The van der Waals surface area contributed by atoms with Crippen LogP contribution in [0.4, 0.5) is 5.69 Å². The molecule has 0 aromatic heterocycles. The highest BCUT2D eigenvalue weighted by Crippen LogP contribution is 2.32. The van der Waals surface area contributed by atoms with Gasteiger partial charge in [-0.1, -0.05) is 6.07 Å². The van der Waals surface area contributed by atoms with E-state index in [0.717, 1.165) is 38.2 Å². The van der Waals surface area contributed by atoms with E-state index in [0.29, 0.717) is 24.0 Å². The number of benzene rings is 1. The van der Waals surface area contributed by atoms with Crippen molar-refractivity contribution in [2.75, 3.05) is 45.7 Å². The van der Waals surface area contributed by atoms with Gasteiger partial charge in [-0.25, -0.2) is 0 Å². The van der Waals surface area contributed by atoms with Crippen LogP contribution in [0.3, 0.4) is 0 Å². The highest BCUT2D eigenvalue weighted by molar-refractivity contribution is 5.99. The molecule has 2 aliphatic rings. The van der Waals surface area contributed by atoms with Gasteiger partial charge in [0.05, 0.1) is 11.3 Å². The Bertz CT molecular complexity index is 530. The lowest BCUT2D eigenvalue weighted by atomic mass is 10.0. The van der Waals surface area contributed by atoms with E-state index in [1.54, 1.807) is 0 Å². The van der Waals surface area contributed by atoms with Crippen LogP contribution in [-0.4, -0.2) is 62.1 Å². The minimum atomic E-state index is 0.0853. The normalized spacial score (nSPS) is 21.5. The Morgan fingerprint density at radius 1 is 1.43 bits per heavy atom. The first-order valence-corrected chi connectivity index (χ1v) is 7.62. The van der Waals surface area contributed by atoms with Gasteiger partial charge in [-0.05, 0) is 39.1 Å². The molecule has 0 radical (unpaired) electrons. The summed E-state index contributed by atoms with van der Waals surface area (Å²) in [6.07, 6.45) is 2.21. The Hall–Kier alpha value is -1.75. The molecule has 1 fully saturated rings. The number of nitrogens with zero attached hydrogens (tertiary/aromatic N) is 2. The van der Waals surface area contributed by atoms with Crippen LogP contribution in [0.25, 0.3) is 0 Å². The number of hydrogen-bond acceptors (Lipinski definition) is 4. The van der Waals surface area contributed by atoms with Crippen LogP contribution in [0.15, 0.2) is 18.2 Å². The summed E-state index contributed by atoms with van der Waals surface area (Å²) in [5.41, 5.74) is 1.60. The molecule has 1 aromatic rings. The molecule has 5 heteroatoms. The summed E-state index contributed by atoms with van der Waals surface area (Å²) in [4.78, 5) is 17.0. The number of rotatable bonds is 2. The Morgan fingerprint density at radius 2 is 2.29 bits per heavy atom.